The molecule has 2 aliphatic rings. The van der Waals surface area contributed by atoms with Gasteiger partial charge in [-0.15, -0.1) is 0 Å². The van der Waals surface area contributed by atoms with Gasteiger partial charge in [0.2, 0.25) is 5.91 Å². The number of quaternary nitrogens is 1. The van der Waals surface area contributed by atoms with Crippen LogP contribution in [0.2, 0.25) is 0 Å². The molecule has 0 bridgehead atoms. The Morgan fingerprint density at radius 3 is 2.50 bits per heavy atom. The van der Waals surface area contributed by atoms with Gasteiger partial charge in [0.15, 0.2) is 6.54 Å². The van der Waals surface area contributed by atoms with Gasteiger partial charge in [-0.05, 0) is 38.8 Å². The number of piperazine rings is 1. The van der Waals surface area contributed by atoms with E-state index in [-0.39, 0.29) is 17.4 Å². The largest absolute Gasteiger partial charge is 0.362 e. The number of nitrogens with zero attached hydrogens (tertiary/aromatic N) is 2. The van der Waals surface area contributed by atoms with Crippen LogP contribution in [-0.2, 0) is 16.0 Å². The molecule has 0 atom stereocenters. The van der Waals surface area contributed by atoms with E-state index in [1.807, 2.05) is 31.7 Å². The van der Waals surface area contributed by atoms with Crippen LogP contribution in [0.15, 0.2) is 24.3 Å². The minimum atomic E-state index is -0.194. The topological polar surface area (TPSA) is 57.1 Å². The second-order valence-corrected chi connectivity index (χ2v) is 8.41. The average Bonchev–Trinajstić information content (AvgIpc) is 2.97. The molecular formula is C20H31N4O2+. The number of carbonyl (C=O) groups is 2. The molecule has 0 saturated carbocycles. The normalized spacial score (nSPS) is 18.0. The molecule has 2 N–H and O–H groups in total. The molecule has 1 fully saturated rings. The lowest BCUT2D eigenvalue weighted by molar-refractivity contribution is -0.896. The number of amides is 2. The number of fused-ring (bicyclic) bond motifs is 1. The molecule has 0 spiro atoms. The summed E-state index contributed by atoms with van der Waals surface area (Å²) in [7, 11) is 0. The number of para-hydroxylation sites is 1. The van der Waals surface area contributed by atoms with Gasteiger partial charge in [-0.1, -0.05) is 18.2 Å². The number of anilines is 1. The van der Waals surface area contributed by atoms with E-state index in [2.05, 4.69) is 28.4 Å². The van der Waals surface area contributed by atoms with Gasteiger partial charge < -0.3 is 20.0 Å². The lowest BCUT2D eigenvalue weighted by atomic mass is 10.1. The van der Waals surface area contributed by atoms with Crippen LogP contribution in [-0.4, -0.2) is 68.1 Å². The lowest BCUT2D eigenvalue weighted by Crippen LogP contribution is -3.16. The molecule has 1 saturated heterocycles. The van der Waals surface area contributed by atoms with E-state index in [0.29, 0.717) is 13.1 Å². The number of hydrogen-bond donors (Lipinski definition) is 2. The number of benzene rings is 1. The highest BCUT2D eigenvalue weighted by Crippen LogP contribution is 2.27. The molecule has 1 aromatic carbocycles. The Labute approximate surface area is 156 Å². The molecule has 3 rings (SSSR count). The summed E-state index contributed by atoms with van der Waals surface area (Å²) in [5.41, 5.74) is 2.34. The second-order valence-electron chi connectivity index (χ2n) is 8.41. The minimum absolute atomic E-state index is 0.0842. The summed E-state index contributed by atoms with van der Waals surface area (Å²) in [5, 5.41) is 3.01. The fourth-order valence-corrected chi connectivity index (χ4v) is 3.77. The van der Waals surface area contributed by atoms with E-state index < -0.39 is 0 Å². The molecular weight excluding hydrogens is 328 g/mol. The fourth-order valence-electron chi connectivity index (χ4n) is 3.77. The molecule has 6 heteroatoms. The molecule has 0 radical (unpaired) electrons. The van der Waals surface area contributed by atoms with Crippen LogP contribution < -0.4 is 15.1 Å². The Balaban J connectivity index is 1.45. The predicted octanol–water partition coefficient (Wildman–Crippen LogP) is -0.309. The van der Waals surface area contributed by atoms with Crippen molar-refractivity contribution in [3.05, 3.63) is 29.8 Å². The van der Waals surface area contributed by atoms with Crippen molar-refractivity contribution in [3.8, 4) is 0 Å². The van der Waals surface area contributed by atoms with Gasteiger partial charge in [0.25, 0.3) is 5.91 Å². The fraction of sp³-hybridized carbons (Fsp3) is 0.600. The van der Waals surface area contributed by atoms with Crippen molar-refractivity contribution in [1.82, 2.24) is 10.2 Å². The van der Waals surface area contributed by atoms with Crippen LogP contribution >= 0.6 is 0 Å². The van der Waals surface area contributed by atoms with Crippen molar-refractivity contribution in [2.45, 2.75) is 32.7 Å². The Morgan fingerprint density at radius 2 is 1.81 bits per heavy atom. The maximum atomic E-state index is 12.7. The van der Waals surface area contributed by atoms with E-state index in [9.17, 15) is 9.59 Å². The summed E-state index contributed by atoms with van der Waals surface area (Å²) in [4.78, 5) is 30.1. The first-order valence-corrected chi connectivity index (χ1v) is 9.57. The quantitative estimate of drug-likeness (QED) is 0.776. The first-order valence-electron chi connectivity index (χ1n) is 9.57. The molecule has 2 aliphatic heterocycles. The summed E-state index contributed by atoms with van der Waals surface area (Å²) >= 11 is 0. The number of carbonyl (C=O) groups excluding carboxylic acids is 2. The minimum Gasteiger partial charge on any atom is -0.362 e. The highest BCUT2D eigenvalue weighted by Gasteiger charge is 2.28. The third-order valence-corrected chi connectivity index (χ3v) is 5.06. The van der Waals surface area contributed by atoms with E-state index in [0.717, 1.165) is 39.1 Å². The smallest absolute Gasteiger partial charge is 0.275 e. The Bertz CT molecular complexity index is 660. The monoisotopic (exact) mass is 359 g/mol. The highest BCUT2D eigenvalue weighted by molar-refractivity contribution is 5.82. The summed E-state index contributed by atoms with van der Waals surface area (Å²) in [6, 6.07) is 8.34. The van der Waals surface area contributed by atoms with Crippen molar-refractivity contribution in [3.63, 3.8) is 0 Å². The van der Waals surface area contributed by atoms with Gasteiger partial charge in [-0.3, -0.25) is 9.59 Å². The first kappa shape index (κ1) is 18.7. The lowest BCUT2D eigenvalue weighted by Gasteiger charge is -2.33. The van der Waals surface area contributed by atoms with Gasteiger partial charge in [0, 0.05) is 17.8 Å². The van der Waals surface area contributed by atoms with Crippen LogP contribution in [0.4, 0.5) is 5.69 Å². The maximum Gasteiger partial charge on any atom is 0.275 e. The van der Waals surface area contributed by atoms with Crippen LogP contribution in [0, 0.1) is 0 Å². The van der Waals surface area contributed by atoms with Gasteiger partial charge >= 0.3 is 0 Å². The van der Waals surface area contributed by atoms with Gasteiger partial charge in [-0.25, -0.2) is 0 Å². The van der Waals surface area contributed by atoms with Crippen molar-refractivity contribution in [1.29, 1.82) is 0 Å². The average molecular weight is 359 g/mol. The number of hydrogen-bond acceptors (Lipinski definition) is 3. The van der Waals surface area contributed by atoms with E-state index in [1.165, 1.54) is 16.2 Å². The zero-order valence-electron chi connectivity index (χ0n) is 16.2. The Kier molecular flexibility index (Phi) is 5.51. The predicted molar refractivity (Wildman–Crippen MR) is 102 cm³/mol. The molecule has 0 unspecified atom stereocenters. The summed E-state index contributed by atoms with van der Waals surface area (Å²) in [5.74, 6) is 0.279. The third-order valence-electron chi connectivity index (χ3n) is 5.06. The molecule has 142 valence electrons. The summed E-state index contributed by atoms with van der Waals surface area (Å²) < 4.78 is 0. The standard InChI is InChI=1S/C20H30N4O2/c1-20(2,3)21-18(25)14-22-10-12-23(13-11-22)19(26)15-24-9-8-16-6-4-5-7-17(16)24/h4-7H,8-15H2,1-3H3,(H,21,25)/p+1. The van der Waals surface area contributed by atoms with E-state index in [4.69, 9.17) is 0 Å². The summed E-state index contributed by atoms with van der Waals surface area (Å²) in [6.45, 7) is 11.0. The number of nitrogens with one attached hydrogen (secondary N) is 2. The van der Waals surface area contributed by atoms with Crippen molar-refractivity contribution in [2.24, 2.45) is 0 Å². The molecule has 1 aromatic rings. The van der Waals surface area contributed by atoms with Crippen LogP contribution in [0.5, 0.6) is 0 Å². The van der Waals surface area contributed by atoms with Crippen LogP contribution in [0.25, 0.3) is 0 Å². The third kappa shape index (κ3) is 4.75. The Hall–Kier alpha value is -2.08. The van der Waals surface area contributed by atoms with Crippen molar-refractivity contribution in [2.75, 3.05) is 50.7 Å². The highest BCUT2D eigenvalue weighted by atomic mass is 16.2. The maximum absolute atomic E-state index is 12.7. The molecule has 6 nitrogen and oxygen atoms in total. The second kappa shape index (κ2) is 7.66. The number of rotatable bonds is 4. The first-order chi connectivity index (χ1) is 12.3. The molecule has 0 aromatic heterocycles. The zero-order valence-corrected chi connectivity index (χ0v) is 16.2. The van der Waals surface area contributed by atoms with E-state index >= 15 is 0 Å². The molecule has 2 heterocycles. The summed E-state index contributed by atoms with van der Waals surface area (Å²) in [6.07, 6.45) is 1.02. The van der Waals surface area contributed by atoms with Gasteiger partial charge in [0.1, 0.15) is 0 Å². The van der Waals surface area contributed by atoms with E-state index in [1.54, 1.807) is 0 Å². The van der Waals surface area contributed by atoms with Crippen LogP contribution in [0.3, 0.4) is 0 Å². The SMILES string of the molecule is CC(C)(C)NC(=O)C[NH+]1CCN(C(=O)CN2CCc3ccccc32)CC1. The van der Waals surface area contributed by atoms with Crippen molar-refractivity contribution >= 4 is 17.5 Å². The zero-order chi connectivity index (χ0) is 18.7. The van der Waals surface area contributed by atoms with Crippen molar-refractivity contribution < 1.29 is 14.5 Å². The van der Waals surface area contributed by atoms with Gasteiger partial charge in [-0.2, -0.15) is 0 Å². The molecule has 0 aliphatic carbocycles. The molecule has 26 heavy (non-hydrogen) atoms. The molecule has 2 amide bonds. The van der Waals surface area contributed by atoms with Crippen LogP contribution in [0.1, 0.15) is 26.3 Å². The van der Waals surface area contributed by atoms with Gasteiger partial charge in [0.05, 0.1) is 32.7 Å². The Morgan fingerprint density at radius 1 is 1.12 bits per heavy atom.